The molecule has 0 bridgehead atoms. The summed E-state index contributed by atoms with van der Waals surface area (Å²) in [5.41, 5.74) is 0. The van der Waals surface area contributed by atoms with E-state index in [1.54, 1.807) is 0 Å². The molecule has 1 N–H and O–H groups in total. The molecule has 0 rings (SSSR count). The predicted molar refractivity (Wildman–Crippen MR) is 110 cm³/mol. The molecule has 0 aliphatic carbocycles. The molecular weight excluding hydrogens is 308 g/mol. The number of carboxylic acids is 1. The molecule has 2 nitrogen and oxygen atoms in total. The molecule has 1 atom stereocenters. The van der Waals surface area contributed by atoms with Crippen LogP contribution in [-0.4, -0.2) is 11.1 Å². The highest BCUT2D eigenvalue weighted by Crippen LogP contribution is 2.15. The monoisotopic (exact) mass is 354 g/mol. The van der Waals surface area contributed by atoms with Crippen LogP contribution in [-0.2, 0) is 4.79 Å². The van der Waals surface area contributed by atoms with Crippen molar-refractivity contribution in [2.75, 3.05) is 0 Å². The smallest absolute Gasteiger partial charge is 0.306 e. The number of carboxylic acid groups (broad SMARTS) is 1. The summed E-state index contributed by atoms with van der Waals surface area (Å²) in [7, 11) is 0. The van der Waals surface area contributed by atoms with Crippen LogP contribution in [0.4, 0.5) is 0 Å². The zero-order chi connectivity index (χ0) is 18.6. The SMILES string of the molecule is CCCCCCCCCCCCCCCCCCCCC(C)C(=O)O. The van der Waals surface area contributed by atoms with Gasteiger partial charge in [0.15, 0.2) is 0 Å². The molecule has 0 aromatic rings. The summed E-state index contributed by atoms with van der Waals surface area (Å²) in [6, 6.07) is 0. The Bertz CT molecular complexity index is 275. The quantitative estimate of drug-likeness (QED) is 0.224. The molecule has 0 amide bonds. The fourth-order valence-corrected chi connectivity index (χ4v) is 3.48. The highest BCUT2D eigenvalue weighted by atomic mass is 16.4. The first kappa shape index (κ1) is 24.5. The second-order valence-corrected chi connectivity index (χ2v) is 8.04. The van der Waals surface area contributed by atoms with Gasteiger partial charge in [0.25, 0.3) is 0 Å². The summed E-state index contributed by atoms with van der Waals surface area (Å²) in [5.74, 6) is -0.812. The number of hydrogen-bond acceptors (Lipinski definition) is 1. The lowest BCUT2D eigenvalue weighted by atomic mass is 10.0. The lowest BCUT2D eigenvalue weighted by Gasteiger charge is -2.06. The maximum atomic E-state index is 10.7. The van der Waals surface area contributed by atoms with E-state index >= 15 is 0 Å². The third-order valence-corrected chi connectivity index (χ3v) is 5.41. The Morgan fingerprint density at radius 3 is 1.16 bits per heavy atom. The van der Waals surface area contributed by atoms with Crippen LogP contribution in [0.1, 0.15) is 136 Å². The summed E-state index contributed by atoms with van der Waals surface area (Å²) in [6.45, 7) is 4.10. The molecule has 0 aliphatic rings. The van der Waals surface area contributed by atoms with Crippen LogP contribution in [0.5, 0.6) is 0 Å². The molecule has 0 aliphatic heterocycles. The number of rotatable bonds is 20. The van der Waals surface area contributed by atoms with Crippen molar-refractivity contribution in [2.45, 2.75) is 136 Å². The van der Waals surface area contributed by atoms with Gasteiger partial charge in [-0.2, -0.15) is 0 Å². The molecule has 2 heteroatoms. The summed E-state index contributed by atoms with van der Waals surface area (Å²) in [5, 5.41) is 8.83. The van der Waals surface area contributed by atoms with Crippen molar-refractivity contribution in [3.63, 3.8) is 0 Å². The Balaban J connectivity index is 3.04. The van der Waals surface area contributed by atoms with E-state index in [-0.39, 0.29) is 5.92 Å². The van der Waals surface area contributed by atoms with Crippen molar-refractivity contribution in [3.05, 3.63) is 0 Å². The molecule has 150 valence electrons. The third-order valence-electron chi connectivity index (χ3n) is 5.41. The van der Waals surface area contributed by atoms with Crippen LogP contribution in [0.3, 0.4) is 0 Å². The summed E-state index contributed by atoms with van der Waals surface area (Å²) in [6.07, 6.45) is 25.7. The molecule has 0 fully saturated rings. The van der Waals surface area contributed by atoms with Gasteiger partial charge in [-0.3, -0.25) is 4.79 Å². The van der Waals surface area contributed by atoms with E-state index in [9.17, 15) is 4.79 Å². The van der Waals surface area contributed by atoms with Crippen LogP contribution < -0.4 is 0 Å². The summed E-state index contributed by atoms with van der Waals surface area (Å²) >= 11 is 0. The second-order valence-electron chi connectivity index (χ2n) is 8.04. The van der Waals surface area contributed by atoms with E-state index in [1.165, 1.54) is 109 Å². The standard InChI is InChI=1S/C23H46O2/c1-3-4-5-6-7-8-9-10-11-12-13-14-15-16-17-18-19-20-21-22(2)23(24)25/h22H,3-21H2,1-2H3,(H,24,25). The van der Waals surface area contributed by atoms with E-state index in [4.69, 9.17) is 5.11 Å². The highest BCUT2D eigenvalue weighted by molar-refractivity contribution is 5.69. The molecular formula is C23H46O2. The summed E-state index contributed by atoms with van der Waals surface area (Å²) < 4.78 is 0. The summed E-state index contributed by atoms with van der Waals surface area (Å²) in [4.78, 5) is 10.7. The van der Waals surface area contributed by atoms with Gasteiger partial charge in [0.05, 0.1) is 5.92 Å². The fourth-order valence-electron chi connectivity index (χ4n) is 3.48. The molecule has 0 aromatic carbocycles. The Labute approximate surface area is 158 Å². The normalized spacial score (nSPS) is 12.4. The number of carbonyl (C=O) groups is 1. The Kier molecular flexibility index (Phi) is 19.4. The second kappa shape index (κ2) is 19.8. The minimum absolute atomic E-state index is 0.166. The molecule has 1 unspecified atom stereocenters. The molecule has 0 aromatic heterocycles. The number of unbranched alkanes of at least 4 members (excludes halogenated alkanes) is 17. The third kappa shape index (κ3) is 19.6. The zero-order valence-corrected chi connectivity index (χ0v) is 17.4. The number of aliphatic carboxylic acids is 1. The van der Waals surface area contributed by atoms with Gasteiger partial charge in [0.2, 0.25) is 0 Å². The van der Waals surface area contributed by atoms with E-state index in [0.29, 0.717) is 0 Å². The average Bonchev–Trinajstić information content (AvgIpc) is 2.60. The van der Waals surface area contributed by atoms with E-state index < -0.39 is 5.97 Å². The van der Waals surface area contributed by atoms with Crippen LogP contribution in [0.2, 0.25) is 0 Å². The van der Waals surface area contributed by atoms with Crippen LogP contribution in [0.15, 0.2) is 0 Å². The Hall–Kier alpha value is -0.530. The van der Waals surface area contributed by atoms with Gasteiger partial charge in [-0.15, -0.1) is 0 Å². The van der Waals surface area contributed by atoms with Gasteiger partial charge in [-0.25, -0.2) is 0 Å². The minimum Gasteiger partial charge on any atom is -0.481 e. The van der Waals surface area contributed by atoms with Crippen LogP contribution in [0.25, 0.3) is 0 Å². The fraction of sp³-hybridized carbons (Fsp3) is 0.957. The topological polar surface area (TPSA) is 37.3 Å². The Morgan fingerprint density at radius 2 is 0.880 bits per heavy atom. The zero-order valence-electron chi connectivity index (χ0n) is 17.4. The molecule has 25 heavy (non-hydrogen) atoms. The van der Waals surface area contributed by atoms with Crippen molar-refractivity contribution < 1.29 is 9.90 Å². The largest absolute Gasteiger partial charge is 0.481 e. The van der Waals surface area contributed by atoms with Gasteiger partial charge < -0.3 is 5.11 Å². The van der Waals surface area contributed by atoms with Crippen molar-refractivity contribution in [1.82, 2.24) is 0 Å². The molecule has 0 saturated heterocycles. The van der Waals surface area contributed by atoms with Gasteiger partial charge in [0, 0.05) is 0 Å². The lowest BCUT2D eigenvalue weighted by molar-refractivity contribution is -0.141. The first-order valence-corrected chi connectivity index (χ1v) is 11.4. The first-order chi connectivity index (χ1) is 12.2. The van der Waals surface area contributed by atoms with Crippen molar-refractivity contribution in [2.24, 2.45) is 5.92 Å². The molecule has 0 heterocycles. The van der Waals surface area contributed by atoms with Crippen LogP contribution in [0, 0.1) is 5.92 Å². The predicted octanol–water partition coefficient (Wildman–Crippen LogP) is 8.14. The van der Waals surface area contributed by atoms with E-state index in [2.05, 4.69) is 6.92 Å². The van der Waals surface area contributed by atoms with E-state index in [1.807, 2.05) is 6.92 Å². The minimum atomic E-state index is -0.646. The van der Waals surface area contributed by atoms with Crippen LogP contribution >= 0.6 is 0 Å². The van der Waals surface area contributed by atoms with Gasteiger partial charge in [0.1, 0.15) is 0 Å². The van der Waals surface area contributed by atoms with Crippen molar-refractivity contribution in [3.8, 4) is 0 Å². The van der Waals surface area contributed by atoms with Gasteiger partial charge >= 0.3 is 5.97 Å². The van der Waals surface area contributed by atoms with Crippen molar-refractivity contribution >= 4 is 5.97 Å². The first-order valence-electron chi connectivity index (χ1n) is 11.4. The maximum Gasteiger partial charge on any atom is 0.306 e. The Morgan fingerprint density at radius 1 is 0.600 bits per heavy atom. The van der Waals surface area contributed by atoms with Crippen molar-refractivity contribution in [1.29, 1.82) is 0 Å². The highest BCUT2D eigenvalue weighted by Gasteiger charge is 2.09. The van der Waals surface area contributed by atoms with E-state index in [0.717, 1.165) is 12.8 Å². The molecule has 0 radical (unpaired) electrons. The maximum absolute atomic E-state index is 10.7. The number of hydrogen-bond donors (Lipinski definition) is 1. The lowest BCUT2D eigenvalue weighted by Crippen LogP contribution is -2.08. The molecule has 0 spiro atoms. The average molecular weight is 355 g/mol. The molecule has 0 saturated carbocycles. The van der Waals surface area contributed by atoms with Gasteiger partial charge in [-0.05, 0) is 6.42 Å². The van der Waals surface area contributed by atoms with Gasteiger partial charge in [-0.1, -0.05) is 129 Å².